The molecule has 164 valence electrons. The summed E-state index contributed by atoms with van der Waals surface area (Å²) in [6.45, 7) is 8.18. The van der Waals surface area contributed by atoms with Crippen molar-refractivity contribution in [2.24, 2.45) is 11.8 Å². The van der Waals surface area contributed by atoms with Crippen molar-refractivity contribution >= 4 is 28.6 Å². The van der Waals surface area contributed by atoms with E-state index in [2.05, 4.69) is 36.1 Å². The summed E-state index contributed by atoms with van der Waals surface area (Å²) in [5.74, 6) is 0.426. The van der Waals surface area contributed by atoms with Gasteiger partial charge in [0, 0.05) is 50.4 Å². The van der Waals surface area contributed by atoms with Gasteiger partial charge in [-0.25, -0.2) is 9.78 Å². The zero-order chi connectivity index (χ0) is 21.7. The number of hydrogen-bond donors (Lipinski definition) is 2. The number of ether oxygens (including phenoxy) is 2. The molecule has 2 N–H and O–H groups in total. The summed E-state index contributed by atoms with van der Waals surface area (Å²) in [5, 5.41) is 4.38. The number of nitrogens with zero attached hydrogens (tertiary/aromatic N) is 2. The highest BCUT2D eigenvalue weighted by atomic mass is 16.6. The van der Waals surface area contributed by atoms with E-state index in [1.807, 2.05) is 11.0 Å². The highest BCUT2D eigenvalue weighted by Crippen LogP contribution is 2.30. The number of carbonyl (C=O) groups is 2. The number of aromatic amines is 1. The summed E-state index contributed by atoms with van der Waals surface area (Å²) < 4.78 is 10.3. The molecular weight excluding hydrogens is 384 g/mol. The van der Waals surface area contributed by atoms with Crippen LogP contribution in [-0.4, -0.2) is 66.2 Å². The summed E-state index contributed by atoms with van der Waals surface area (Å²) >= 11 is 0. The molecule has 0 unspecified atom stereocenters. The Balaban J connectivity index is 1.84. The molecule has 1 aliphatic rings. The van der Waals surface area contributed by atoms with E-state index in [0.29, 0.717) is 48.3 Å². The number of nitrogens with one attached hydrogen (secondary N) is 2. The number of amides is 1. The van der Waals surface area contributed by atoms with Crippen LogP contribution in [0.4, 0.5) is 5.69 Å². The third kappa shape index (κ3) is 5.11. The normalized spacial score (nSPS) is 19.3. The van der Waals surface area contributed by atoms with Gasteiger partial charge in [0.1, 0.15) is 17.8 Å². The van der Waals surface area contributed by atoms with Crippen LogP contribution >= 0.6 is 0 Å². The van der Waals surface area contributed by atoms with Gasteiger partial charge < -0.3 is 24.7 Å². The number of carbonyl (C=O) groups excluding carboxylic acids is 2. The second-order valence-corrected chi connectivity index (χ2v) is 8.37. The summed E-state index contributed by atoms with van der Waals surface area (Å²) in [6.07, 6.45) is 4.79. The first-order chi connectivity index (χ1) is 14.4. The van der Waals surface area contributed by atoms with Crippen LogP contribution in [0.1, 0.15) is 44.0 Å². The maximum Gasteiger partial charge on any atom is 0.341 e. The number of methoxy groups -OCH3 is 1. The Labute approximate surface area is 177 Å². The van der Waals surface area contributed by atoms with Crippen molar-refractivity contribution in [1.82, 2.24) is 14.9 Å². The van der Waals surface area contributed by atoms with Crippen LogP contribution in [-0.2, 0) is 14.3 Å². The first kappa shape index (κ1) is 22.1. The number of fused-ring (bicyclic) bond motifs is 1. The van der Waals surface area contributed by atoms with Crippen molar-refractivity contribution < 1.29 is 19.1 Å². The third-order valence-corrected chi connectivity index (χ3v) is 5.55. The van der Waals surface area contributed by atoms with Crippen molar-refractivity contribution in [3.63, 3.8) is 0 Å². The van der Waals surface area contributed by atoms with Gasteiger partial charge >= 0.3 is 5.97 Å². The molecule has 0 spiro atoms. The Morgan fingerprint density at radius 2 is 2.17 bits per heavy atom. The first-order valence-corrected chi connectivity index (χ1v) is 10.6. The van der Waals surface area contributed by atoms with E-state index in [1.54, 1.807) is 13.3 Å². The standard InChI is InChI=1S/C22H32N4O4/c1-14(2)11-19(27)26-8-6-15(3)18(13-26)25-20-16-5-7-23-21(16)24-12-17(20)22(28)30-10-9-29-4/h5,7,12,14-15,18H,6,8-11,13H2,1-4H3,(H2,23,24,25)/t15-,18+/m1/s1. The number of hydrogen-bond acceptors (Lipinski definition) is 6. The molecule has 2 aromatic heterocycles. The molecular formula is C22H32N4O4. The molecule has 1 saturated heterocycles. The zero-order valence-electron chi connectivity index (χ0n) is 18.2. The smallest absolute Gasteiger partial charge is 0.341 e. The van der Waals surface area contributed by atoms with Crippen molar-refractivity contribution in [3.8, 4) is 0 Å². The molecule has 3 rings (SSSR count). The Hall–Kier alpha value is -2.61. The number of anilines is 1. The lowest BCUT2D eigenvalue weighted by atomic mass is 9.92. The average Bonchev–Trinajstić information content (AvgIpc) is 3.18. The Kier molecular flexibility index (Phi) is 7.31. The summed E-state index contributed by atoms with van der Waals surface area (Å²) in [4.78, 5) is 34.7. The predicted molar refractivity (Wildman–Crippen MR) is 115 cm³/mol. The minimum atomic E-state index is -0.443. The number of esters is 1. The van der Waals surface area contributed by atoms with Crippen molar-refractivity contribution in [2.75, 3.05) is 38.7 Å². The molecule has 30 heavy (non-hydrogen) atoms. The molecule has 8 nitrogen and oxygen atoms in total. The summed E-state index contributed by atoms with van der Waals surface area (Å²) in [7, 11) is 1.56. The molecule has 0 aromatic carbocycles. The highest BCUT2D eigenvalue weighted by Gasteiger charge is 2.30. The van der Waals surface area contributed by atoms with E-state index in [0.717, 1.165) is 18.4 Å². The van der Waals surface area contributed by atoms with Crippen molar-refractivity contribution in [1.29, 1.82) is 0 Å². The number of aromatic nitrogens is 2. The number of pyridine rings is 1. The molecule has 1 amide bonds. The second kappa shape index (κ2) is 9.93. The van der Waals surface area contributed by atoms with Gasteiger partial charge in [0.25, 0.3) is 0 Å². The van der Waals surface area contributed by atoms with Gasteiger partial charge in [-0.2, -0.15) is 0 Å². The van der Waals surface area contributed by atoms with Gasteiger partial charge in [-0.05, 0) is 24.3 Å². The molecule has 3 heterocycles. The van der Waals surface area contributed by atoms with Crippen LogP contribution < -0.4 is 5.32 Å². The maximum absolute atomic E-state index is 12.7. The fraction of sp³-hybridized carbons (Fsp3) is 0.591. The van der Waals surface area contributed by atoms with Crippen molar-refractivity contribution in [3.05, 3.63) is 24.0 Å². The van der Waals surface area contributed by atoms with E-state index in [9.17, 15) is 9.59 Å². The molecule has 0 radical (unpaired) electrons. The van der Waals surface area contributed by atoms with E-state index in [1.165, 1.54) is 6.20 Å². The maximum atomic E-state index is 12.7. The number of likely N-dealkylation sites (tertiary alicyclic amines) is 1. The minimum Gasteiger partial charge on any atom is -0.460 e. The number of H-pyrrole nitrogens is 1. The van der Waals surface area contributed by atoms with Crippen LogP contribution in [0.15, 0.2) is 18.5 Å². The molecule has 0 saturated carbocycles. The number of piperidine rings is 1. The Bertz CT molecular complexity index is 879. The molecule has 8 heteroatoms. The topological polar surface area (TPSA) is 96.6 Å². The second-order valence-electron chi connectivity index (χ2n) is 8.37. The lowest BCUT2D eigenvalue weighted by molar-refractivity contribution is -0.133. The Morgan fingerprint density at radius 1 is 1.37 bits per heavy atom. The quantitative estimate of drug-likeness (QED) is 0.507. The number of rotatable bonds is 8. The van der Waals surface area contributed by atoms with E-state index < -0.39 is 5.97 Å². The lowest BCUT2D eigenvalue weighted by Gasteiger charge is -2.38. The fourth-order valence-corrected chi connectivity index (χ4v) is 3.76. The van der Waals surface area contributed by atoms with Gasteiger partial charge in [-0.15, -0.1) is 0 Å². The molecule has 2 atom stereocenters. The average molecular weight is 417 g/mol. The minimum absolute atomic E-state index is 0.0286. The molecule has 0 aliphatic carbocycles. The Morgan fingerprint density at radius 3 is 2.90 bits per heavy atom. The largest absolute Gasteiger partial charge is 0.460 e. The molecule has 2 aromatic rings. The van der Waals surface area contributed by atoms with E-state index in [4.69, 9.17) is 9.47 Å². The van der Waals surface area contributed by atoms with Gasteiger partial charge in [-0.1, -0.05) is 20.8 Å². The highest BCUT2D eigenvalue weighted by molar-refractivity contribution is 6.04. The zero-order valence-corrected chi connectivity index (χ0v) is 18.2. The molecule has 1 fully saturated rings. The monoisotopic (exact) mass is 416 g/mol. The predicted octanol–water partition coefficient (Wildman–Crippen LogP) is 3.06. The van der Waals surface area contributed by atoms with Crippen LogP contribution in [0.5, 0.6) is 0 Å². The van der Waals surface area contributed by atoms with E-state index >= 15 is 0 Å². The molecule has 0 bridgehead atoms. The van der Waals surface area contributed by atoms with Crippen molar-refractivity contribution in [2.45, 2.75) is 39.7 Å². The van der Waals surface area contributed by atoms with Gasteiger partial charge in [0.05, 0.1) is 12.3 Å². The van der Waals surface area contributed by atoms with Crippen LogP contribution in [0.3, 0.4) is 0 Å². The van der Waals surface area contributed by atoms with Crippen LogP contribution in [0, 0.1) is 11.8 Å². The van der Waals surface area contributed by atoms with Crippen LogP contribution in [0.25, 0.3) is 11.0 Å². The first-order valence-electron chi connectivity index (χ1n) is 10.6. The van der Waals surface area contributed by atoms with Gasteiger partial charge in [0.2, 0.25) is 5.91 Å². The fourth-order valence-electron chi connectivity index (χ4n) is 3.76. The SMILES string of the molecule is COCCOC(=O)c1cnc2[nH]ccc2c1N[C@H]1CN(C(=O)CC(C)C)CC[C@H]1C. The lowest BCUT2D eigenvalue weighted by Crippen LogP contribution is -2.49. The van der Waals surface area contributed by atoms with E-state index in [-0.39, 0.29) is 18.6 Å². The van der Waals surface area contributed by atoms with Crippen LogP contribution in [0.2, 0.25) is 0 Å². The van der Waals surface area contributed by atoms with Gasteiger partial charge in [-0.3, -0.25) is 4.79 Å². The summed E-state index contributed by atoms with van der Waals surface area (Å²) in [5.41, 5.74) is 1.77. The third-order valence-electron chi connectivity index (χ3n) is 5.55. The molecule has 1 aliphatic heterocycles. The summed E-state index contributed by atoms with van der Waals surface area (Å²) in [6, 6.07) is 1.92. The van der Waals surface area contributed by atoms with Gasteiger partial charge in [0.15, 0.2) is 0 Å².